The summed E-state index contributed by atoms with van der Waals surface area (Å²) < 4.78 is 4.71. The summed E-state index contributed by atoms with van der Waals surface area (Å²) in [6, 6.07) is 1.34. The van der Waals surface area contributed by atoms with Crippen LogP contribution in [0.2, 0.25) is 0 Å². The van der Waals surface area contributed by atoms with E-state index in [1.807, 2.05) is 0 Å². The van der Waals surface area contributed by atoms with Crippen molar-refractivity contribution in [1.82, 2.24) is 15.6 Å². The third-order valence-electron chi connectivity index (χ3n) is 3.08. The van der Waals surface area contributed by atoms with Gasteiger partial charge in [-0.2, -0.15) is 0 Å². The second kappa shape index (κ2) is 8.11. The molecule has 1 unspecified atom stereocenters. The summed E-state index contributed by atoms with van der Waals surface area (Å²) in [6.07, 6.45) is 0.669. The standard InChI is InChI=1S/C14H19N5O5/c1-2-24-11(21)7-16-12(22)8-3-10(13(23)15-4-8)19-14-17-5-9(20)6-18-14/h3-4,9,20H,2,5-7H2,1H3,(H,15,23)(H,16,22)(H2,17,18,19). The predicted molar refractivity (Wildman–Crippen MR) is 86.0 cm³/mol. The molecule has 130 valence electrons. The number of pyridine rings is 1. The molecule has 0 aromatic carbocycles. The Morgan fingerprint density at radius 1 is 1.50 bits per heavy atom. The molecule has 1 atom stereocenters. The van der Waals surface area contributed by atoms with E-state index in [9.17, 15) is 19.5 Å². The monoisotopic (exact) mass is 337 g/mol. The molecule has 0 aliphatic carbocycles. The second-order valence-corrected chi connectivity index (χ2v) is 4.97. The van der Waals surface area contributed by atoms with Gasteiger partial charge >= 0.3 is 5.97 Å². The van der Waals surface area contributed by atoms with Gasteiger partial charge in [0.15, 0.2) is 5.96 Å². The van der Waals surface area contributed by atoms with Crippen molar-refractivity contribution in [2.45, 2.75) is 13.0 Å². The van der Waals surface area contributed by atoms with Crippen LogP contribution in [0, 0.1) is 0 Å². The smallest absolute Gasteiger partial charge is 0.325 e. The summed E-state index contributed by atoms with van der Waals surface area (Å²) in [7, 11) is 0. The summed E-state index contributed by atoms with van der Waals surface area (Å²) in [5, 5.41) is 17.3. The Morgan fingerprint density at radius 2 is 2.29 bits per heavy atom. The number of hydrogen-bond acceptors (Lipinski definition) is 8. The Morgan fingerprint density at radius 3 is 2.96 bits per heavy atom. The van der Waals surface area contributed by atoms with Gasteiger partial charge in [0, 0.05) is 12.7 Å². The van der Waals surface area contributed by atoms with E-state index >= 15 is 0 Å². The molecule has 1 aliphatic heterocycles. The van der Waals surface area contributed by atoms with Gasteiger partial charge in [0.1, 0.15) is 12.2 Å². The lowest BCUT2D eigenvalue weighted by Gasteiger charge is -2.19. The topological polar surface area (TPSA) is 145 Å². The van der Waals surface area contributed by atoms with Crippen LogP contribution in [0.25, 0.3) is 0 Å². The van der Waals surface area contributed by atoms with Crippen LogP contribution in [-0.2, 0) is 9.53 Å². The number of carbonyl (C=O) groups is 2. The number of amides is 1. The SMILES string of the molecule is CCOC(=O)CNC(=O)c1c[nH]c(=O)c(NC2=NCC(O)CN2)c1. The Bertz CT molecular complexity index is 699. The average molecular weight is 337 g/mol. The van der Waals surface area contributed by atoms with E-state index in [0.717, 1.165) is 0 Å². The van der Waals surface area contributed by atoms with Crippen LogP contribution in [0.1, 0.15) is 17.3 Å². The largest absolute Gasteiger partial charge is 0.465 e. The lowest BCUT2D eigenvalue weighted by molar-refractivity contribution is -0.141. The van der Waals surface area contributed by atoms with Crippen molar-refractivity contribution in [3.8, 4) is 0 Å². The first-order valence-corrected chi connectivity index (χ1v) is 7.39. The number of guanidine groups is 1. The summed E-state index contributed by atoms with van der Waals surface area (Å²) in [4.78, 5) is 41.5. The lowest BCUT2D eigenvalue weighted by Crippen LogP contribution is -2.43. The Hall–Kier alpha value is -2.88. The van der Waals surface area contributed by atoms with Gasteiger partial charge in [-0.25, -0.2) is 0 Å². The summed E-state index contributed by atoms with van der Waals surface area (Å²) in [5.41, 5.74) is -0.160. The van der Waals surface area contributed by atoms with E-state index in [4.69, 9.17) is 4.74 Å². The number of ether oxygens (including phenoxy) is 1. The molecule has 1 amide bonds. The molecule has 0 fully saturated rings. The van der Waals surface area contributed by atoms with Crippen molar-refractivity contribution in [2.24, 2.45) is 4.99 Å². The first-order valence-electron chi connectivity index (χ1n) is 7.39. The number of anilines is 1. The minimum absolute atomic E-state index is 0.112. The van der Waals surface area contributed by atoms with Gasteiger partial charge in [0.05, 0.1) is 24.8 Å². The third-order valence-corrected chi connectivity index (χ3v) is 3.08. The number of rotatable bonds is 5. The number of aliphatic hydroxyl groups excluding tert-OH is 1. The van der Waals surface area contributed by atoms with Crippen molar-refractivity contribution in [3.05, 3.63) is 28.2 Å². The lowest BCUT2D eigenvalue weighted by atomic mass is 10.2. The molecule has 0 bridgehead atoms. The first-order chi connectivity index (χ1) is 11.5. The van der Waals surface area contributed by atoms with Gasteiger partial charge < -0.3 is 30.8 Å². The molecule has 0 saturated heterocycles. The highest BCUT2D eigenvalue weighted by molar-refractivity contribution is 5.98. The number of carbonyl (C=O) groups excluding carboxylic acids is 2. The number of aromatic amines is 1. The number of nitrogens with one attached hydrogen (secondary N) is 4. The van der Waals surface area contributed by atoms with Crippen molar-refractivity contribution in [1.29, 1.82) is 0 Å². The molecule has 2 rings (SSSR count). The van der Waals surface area contributed by atoms with E-state index in [1.54, 1.807) is 6.92 Å². The zero-order valence-electron chi connectivity index (χ0n) is 13.1. The number of β-amino-alcohol motifs (C(OH)–C–C–N with tert-alkyl or cyclic N) is 1. The van der Waals surface area contributed by atoms with E-state index in [1.165, 1.54) is 12.3 Å². The molecule has 1 aliphatic rings. The summed E-state index contributed by atoms with van der Waals surface area (Å²) >= 11 is 0. The number of aliphatic hydroxyl groups is 1. The molecule has 0 saturated carbocycles. The highest BCUT2D eigenvalue weighted by Crippen LogP contribution is 2.04. The van der Waals surface area contributed by atoms with Crippen molar-refractivity contribution in [2.75, 3.05) is 31.6 Å². The predicted octanol–water partition coefficient (Wildman–Crippen LogP) is -1.60. The van der Waals surface area contributed by atoms with Crippen molar-refractivity contribution >= 4 is 23.5 Å². The maximum absolute atomic E-state index is 12.0. The fourth-order valence-electron chi connectivity index (χ4n) is 1.92. The van der Waals surface area contributed by atoms with Crippen LogP contribution < -0.4 is 21.5 Å². The van der Waals surface area contributed by atoms with E-state index in [-0.39, 0.29) is 30.9 Å². The Balaban J connectivity index is 2.03. The van der Waals surface area contributed by atoms with Crippen LogP contribution >= 0.6 is 0 Å². The number of aliphatic imine (C=N–C) groups is 1. The Labute approximate surface area is 137 Å². The minimum atomic E-state index is -0.575. The molecule has 0 radical (unpaired) electrons. The van der Waals surface area contributed by atoms with Crippen LogP contribution in [-0.4, -0.2) is 60.3 Å². The van der Waals surface area contributed by atoms with Gasteiger partial charge in [0.25, 0.3) is 11.5 Å². The number of aromatic nitrogens is 1. The molecular weight excluding hydrogens is 318 g/mol. The normalized spacial score (nSPS) is 16.6. The molecule has 10 heteroatoms. The molecule has 0 spiro atoms. The first kappa shape index (κ1) is 17.5. The van der Waals surface area contributed by atoms with Gasteiger partial charge in [-0.1, -0.05) is 0 Å². The third kappa shape index (κ3) is 4.81. The van der Waals surface area contributed by atoms with Gasteiger partial charge in [-0.05, 0) is 13.0 Å². The van der Waals surface area contributed by atoms with Crippen LogP contribution in [0.15, 0.2) is 22.1 Å². The number of nitrogens with zero attached hydrogens (tertiary/aromatic N) is 1. The highest BCUT2D eigenvalue weighted by atomic mass is 16.5. The number of esters is 1. The average Bonchev–Trinajstić information content (AvgIpc) is 2.57. The molecule has 10 nitrogen and oxygen atoms in total. The summed E-state index contributed by atoms with van der Waals surface area (Å²) in [5.74, 6) is -0.751. The van der Waals surface area contributed by atoms with E-state index < -0.39 is 23.5 Å². The quantitative estimate of drug-likeness (QED) is 0.407. The van der Waals surface area contributed by atoms with E-state index in [2.05, 4.69) is 25.9 Å². The second-order valence-electron chi connectivity index (χ2n) is 4.97. The number of hydrogen-bond donors (Lipinski definition) is 5. The number of H-pyrrole nitrogens is 1. The van der Waals surface area contributed by atoms with Crippen LogP contribution in [0.5, 0.6) is 0 Å². The molecule has 1 aromatic heterocycles. The molecule has 24 heavy (non-hydrogen) atoms. The maximum Gasteiger partial charge on any atom is 0.325 e. The zero-order chi connectivity index (χ0) is 17.5. The summed E-state index contributed by atoms with van der Waals surface area (Å²) in [6.45, 7) is 2.16. The highest BCUT2D eigenvalue weighted by Gasteiger charge is 2.15. The molecule has 2 heterocycles. The minimum Gasteiger partial charge on any atom is -0.465 e. The fourth-order valence-corrected chi connectivity index (χ4v) is 1.92. The Kier molecular flexibility index (Phi) is 5.90. The van der Waals surface area contributed by atoms with Gasteiger partial charge in [-0.3, -0.25) is 19.4 Å². The maximum atomic E-state index is 12.0. The van der Waals surface area contributed by atoms with Gasteiger partial charge in [-0.15, -0.1) is 0 Å². The molecule has 5 N–H and O–H groups in total. The molecular formula is C14H19N5O5. The van der Waals surface area contributed by atoms with Crippen molar-refractivity contribution < 1.29 is 19.4 Å². The molecule has 1 aromatic rings. The zero-order valence-corrected chi connectivity index (χ0v) is 13.1. The van der Waals surface area contributed by atoms with Crippen LogP contribution in [0.3, 0.4) is 0 Å². The van der Waals surface area contributed by atoms with Crippen molar-refractivity contribution in [3.63, 3.8) is 0 Å². The van der Waals surface area contributed by atoms with E-state index in [0.29, 0.717) is 12.5 Å². The van der Waals surface area contributed by atoms with Crippen LogP contribution in [0.4, 0.5) is 5.69 Å². The fraction of sp³-hybridized carbons (Fsp3) is 0.429. The van der Waals surface area contributed by atoms with Gasteiger partial charge in [0.2, 0.25) is 0 Å².